The third-order valence-electron chi connectivity index (χ3n) is 4.96. The number of fused-ring (bicyclic) bond motifs is 1. The molecule has 0 saturated carbocycles. The van der Waals surface area contributed by atoms with Gasteiger partial charge >= 0.3 is 0 Å². The Morgan fingerprint density at radius 3 is 2.42 bits per heavy atom. The predicted molar refractivity (Wildman–Crippen MR) is 101 cm³/mol. The number of anilines is 2. The summed E-state index contributed by atoms with van der Waals surface area (Å²) in [4.78, 5) is 15.1. The predicted octanol–water partition coefficient (Wildman–Crippen LogP) is 3.30. The molecule has 2 aliphatic heterocycles. The van der Waals surface area contributed by atoms with E-state index in [0.717, 1.165) is 16.8 Å². The third kappa shape index (κ3) is 3.08. The lowest BCUT2D eigenvalue weighted by molar-refractivity contribution is -0.229. The van der Waals surface area contributed by atoms with Crippen LogP contribution in [0.2, 0.25) is 0 Å². The number of hydrogen-bond donors (Lipinski definition) is 1. The van der Waals surface area contributed by atoms with Crippen molar-refractivity contribution in [3.63, 3.8) is 0 Å². The van der Waals surface area contributed by atoms with Gasteiger partial charge in [-0.25, -0.2) is 0 Å². The Balaban J connectivity index is 1.61. The molecule has 136 valence electrons. The van der Waals surface area contributed by atoms with E-state index in [1.165, 1.54) is 0 Å². The number of nitrogens with zero attached hydrogens (tertiary/aromatic N) is 1. The summed E-state index contributed by atoms with van der Waals surface area (Å²) >= 11 is 0. The van der Waals surface area contributed by atoms with Crippen LogP contribution in [0.1, 0.15) is 30.9 Å². The Labute approximate surface area is 153 Å². The minimum Gasteiger partial charge on any atom is -0.399 e. The molecule has 0 aliphatic carbocycles. The molecule has 1 saturated heterocycles. The fraction of sp³-hybridized carbons (Fsp3) is 0.381. The van der Waals surface area contributed by atoms with E-state index in [2.05, 4.69) is 13.8 Å². The molecule has 26 heavy (non-hydrogen) atoms. The molecule has 2 N–H and O–H groups in total. The van der Waals surface area contributed by atoms with E-state index >= 15 is 0 Å². The summed E-state index contributed by atoms with van der Waals surface area (Å²) in [6, 6.07) is 15.5. The molecule has 2 aliphatic rings. The van der Waals surface area contributed by atoms with Crippen LogP contribution in [-0.4, -0.2) is 25.4 Å². The zero-order chi connectivity index (χ0) is 18.3. The molecule has 1 atom stereocenters. The first kappa shape index (κ1) is 17.1. The number of para-hydroxylation sites is 1. The van der Waals surface area contributed by atoms with Gasteiger partial charge in [0.15, 0.2) is 6.29 Å². The molecule has 0 radical (unpaired) electrons. The summed E-state index contributed by atoms with van der Waals surface area (Å²) in [7, 11) is 0. The summed E-state index contributed by atoms with van der Waals surface area (Å²) in [5.74, 6) is -0.399. The number of carbonyl (C=O) groups is 1. The Hall–Kier alpha value is -2.37. The van der Waals surface area contributed by atoms with E-state index in [9.17, 15) is 4.79 Å². The number of carbonyl (C=O) groups excluding carboxylic acids is 1. The SMILES string of the molecule is CC1(C)COC(C2C(=O)N(Cc3ccc(N)cc3)c3ccccc32)OC1. The van der Waals surface area contributed by atoms with Gasteiger partial charge in [0.1, 0.15) is 5.92 Å². The number of amides is 1. The van der Waals surface area contributed by atoms with Crippen molar-refractivity contribution in [2.75, 3.05) is 23.8 Å². The fourth-order valence-corrected chi connectivity index (χ4v) is 3.55. The summed E-state index contributed by atoms with van der Waals surface area (Å²) in [5.41, 5.74) is 9.39. The average molecular weight is 352 g/mol. The first-order valence-electron chi connectivity index (χ1n) is 8.93. The second-order valence-corrected chi connectivity index (χ2v) is 7.86. The molecular weight excluding hydrogens is 328 g/mol. The maximum Gasteiger partial charge on any atom is 0.240 e. The zero-order valence-corrected chi connectivity index (χ0v) is 15.1. The summed E-state index contributed by atoms with van der Waals surface area (Å²) in [6.07, 6.45) is -0.534. The number of ether oxygens (including phenoxy) is 2. The molecular formula is C21H24N2O3. The van der Waals surface area contributed by atoms with Crippen molar-refractivity contribution in [1.29, 1.82) is 0 Å². The monoisotopic (exact) mass is 352 g/mol. The second-order valence-electron chi connectivity index (χ2n) is 7.86. The first-order valence-corrected chi connectivity index (χ1v) is 8.93. The maximum atomic E-state index is 13.2. The van der Waals surface area contributed by atoms with Crippen molar-refractivity contribution in [1.82, 2.24) is 0 Å². The van der Waals surface area contributed by atoms with Crippen molar-refractivity contribution in [2.45, 2.75) is 32.6 Å². The molecule has 4 rings (SSSR count). The van der Waals surface area contributed by atoms with Crippen molar-refractivity contribution >= 4 is 17.3 Å². The maximum absolute atomic E-state index is 13.2. The lowest BCUT2D eigenvalue weighted by atomic mass is 9.93. The lowest BCUT2D eigenvalue weighted by Gasteiger charge is -2.36. The van der Waals surface area contributed by atoms with Gasteiger partial charge in [0.05, 0.1) is 19.8 Å². The number of benzene rings is 2. The highest BCUT2D eigenvalue weighted by molar-refractivity contribution is 6.05. The van der Waals surface area contributed by atoms with E-state index in [1.54, 1.807) is 0 Å². The molecule has 2 aromatic carbocycles. The summed E-state index contributed by atoms with van der Waals surface area (Å²) in [6.45, 7) is 5.87. The lowest BCUT2D eigenvalue weighted by Crippen LogP contribution is -2.43. The molecule has 0 aromatic heterocycles. The van der Waals surface area contributed by atoms with Crippen LogP contribution in [0.25, 0.3) is 0 Å². The fourth-order valence-electron chi connectivity index (χ4n) is 3.55. The highest BCUT2D eigenvalue weighted by Gasteiger charge is 2.45. The van der Waals surface area contributed by atoms with Crippen LogP contribution in [0.15, 0.2) is 48.5 Å². The molecule has 5 nitrogen and oxygen atoms in total. The van der Waals surface area contributed by atoms with Gasteiger partial charge in [0.25, 0.3) is 0 Å². The number of hydrogen-bond acceptors (Lipinski definition) is 4. The second kappa shape index (κ2) is 6.41. The minimum atomic E-state index is -0.534. The van der Waals surface area contributed by atoms with Gasteiger partial charge in [0, 0.05) is 16.8 Å². The summed E-state index contributed by atoms with van der Waals surface area (Å²) < 4.78 is 11.9. The van der Waals surface area contributed by atoms with Crippen LogP contribution in [0.4, 0.5) is 11.4 Å². The van der Waals surface area contributed by atoms with Gasteiger partial charge in [-0.3, -0.25) is 4.79 Å². The molecule has 2 aromatic rings. The Bertz CT molecular complexity index is 806. The van der Waals surface area contributed by atoms with Crippen LogP contribution < -0.4 is 10.6 Å². The van der Waals surface area contributed by atoms with Gasteiger partial charge < -0.3 is 20.1 Å². The van der Waals surface area contributed by atoms with Crippen molar-refractivity contribution < 1.29 is 14.3 Å². The van der Waals surface area contributed by atoms with Gasteiger partial charge in [-0.05, 0) is 29.3 Å². The van der Waals surface area contributed by atoms with E-state index in [-0.39, 0.29) is 11.3 Å². The van der Waals surface area contributed by atoms with Crippen molar-refractivity contribution in [2.24, 2.45) is 5.41 Å². The van der Waals surface area contributed by atoms with Crippen LogP contribution in [-0.2, 0) is 20.8 Å². The number of rotatable bonds is 3. The van der Waals surface area contributed by atoms with E-state index < -0.39 is 12.2 Å². The normalized spacial score (nSPS) is 22.5. The molecule has 2 heterocycles. The molecule has 0 spiro atoms. The van der Waals surface area contributed by atoms with Crippen molar-refractivity contribution in [3.8, 4) is 0 Å². The summed E-state index contributed by atoms with van der Waals surface area (Å²) in [5, 5.41) is 0. The molecule has 5 heteroatoms. The Kier molecular flexibility index (Phi) is 4.21. The first-order chi connectivity index (χ1) is 12.4. The quantitative estimate of drug-likeness (QED) is 0.861. The highest BCUT2D eigenvalue weighted by Crippen LogP contribution is 2.42. The van der Waals surface area contributed by atoms with Crippen LogP contribution >= 0.6 is 0 Å². The van der Waals surface area contributed by atoms with Crippen LogP contribution in [0.5, 0.6) is 0 Å². The van der Waals surface area contributed by atoms with Gasteiger partial charge in [-0.15, -0.1) is 0 Å². The highest BCUT2D eigenvalue weighted by atomic mass is 16.7. The average Bonchev–Trinajstić information content (AvgIpc) is 2.89. The minimum absolute atomic E-state index is 0.0210. The molecule has 1 unspecified atom stereocenters. The zero-order valence-electron chi connectivity index (χ0n) is 15.1. The standard InChI is InChI=1S/C21H24N2O3/c1-21(2)12-25-20(26-13-21)18-16-5-3-4-6-17(16)23(19(18)24)11-14-7-9-15(22)10-8-14/h3-10,18,20H,11-13,22H2,1-2H3. The van der Waals surface area contributed by atoms with E-state index in [0.29, 0.717) is 25.4 Å². The van der Waals surface area contributed by atoms with Gasteiger partial charge in [-0.1, -0.05) is 44.2 Å². The van der Waals surface area contributed by atoms with Gasteiger partial charge in [-0.2, -0.15) is 0 Å². The smallest absolute Gasteiger partial charge is 0.240 e. The number of nitrogens with two attached hydrogens (primary N) is 1. The topological polar surface area (TPSA) is 64.8 Å². The molecule has 0 bridgehead atoms. The number of nitrogen functional groups attached to an aromatic ring is 1. The largest absolute Gasteiger partial charge is 0.399 e. The van der Waals surface area contributed by atoms with E-state index in [4.69, 9.17) is 15.2 Å². The molecule has 1 amide bonds. The van der Waals surface area contributed by atoms with Crippen LogP contribution in [0.3, 0.4) is 0 Å². The van der Waals surface area contributed by atoms with Crippen molar-refractivity contribution in [3.05, 3.63) is 59.7 Å². The molecule has 1 fully saturated rings. The van der Waals surface area contributed by atoms with Crippen LogP contribution in [0, 0.1) is 5.41 Å². The third-order valence-corrected chi connectivity index (χ3v) is 4.96. The van der Waals surface area contributed by atoms with Gasteiger partial charge in [0.2, 0.25) is 5.91 Å². The Morgan fingerprint density at radius 1 is 1.08 bits per heavy atom. The Morgan fingerprint density at radius 2 is 1.73 bits per heavy atom. The van der Waals surface area contributed by atoms with E-state index in [1.807, 2.05) is 53.4 Å².